The van der Waals surface area contributed by atoms with Crippen molar-refractivity contribution in [3.05, 3.63) is 47.3 Å². The molecule has 1 aliphatic heterocycles. The number of ether oxygens (including phenoxy) is 1. The summed E-state index contributed by atoms with van der Waals surface area (Å²) in [6.07, 6.45) is 4.48. The Hall–Kier alpha value is -2.48. The zero-order valence-electron chi connectivity index (χ0n) is 17.1. The molecule has 2 aliphatic rings. The van der Waals surface area contributed by atoms with Gasteiger partial charge in [0.25, 0.3) is 0 Å². The molecule has 2 fully saturated rings. The smallest absolute Gasteiger partial charge is 0.191 e. The predicted octanol–water partition coefficient (Wildman–Crippen LogP) is 2.21. The number of guanidine groups is 1. The van der Waals surface area contributed by atoms with Gasteiger partial charge in [0.15, 0.2) is 11.8 Å². The summed E-state index contributed by atoms with van der Waals surface area (Å²) in [4.78, 5) is 4.71. The molecule has 1 saturated carbocycles. The first-order chi connectivity index (χ1) is 14.1. The molecule has 7 nitrogen and oxygen atoms in total. The minimum Gasteiger partial charge on any atom is -0.376 e. The van der Waals surface area contributed by atoms with E-state index in [4.69, 9.17) is 9.73 Å². The molecule has 1 aromatic heterocycles. The van der Waals surface area contributed by atoms with Crippen LogP contribution in [0.15, 0.2) is 29.3 Å². The fourth-order valence-electron chi connectivity index (χ4n) is 3.72. The van der Waals surface area contributed by atoms with Crippen molar-refractivity contribution in [2.75, 3.05) is 19.7 Å². The molecule has 0 bridgehead atoms. The zero-order chi connectivity index (χ0) is 20.3. The lowest BCUT2D eigenvalue weighted by Crippen LogP contribution is -2.44. The number of hydrogen-bond acceptors (Lipinski definition) is 4. The third-order valence-corrected chi connectivity index (χ3v) is 5.97. The highest BCUT2D eigenvalue weighted by Gasteiger charge is 2.44. The maximum Gasteiger partial charge on any atom is 0.191 e. The molecule has 29 heavy (non-hydrogen) atoms. The second-order valence-electron chi connectivity index (χ2n) is 8.05. The number of rotatable bonds is 7. The minimum absolute atomic E-state index is 0.0181. The number of aromatic nitrogens is 3. The molecule has 2 N–H and O–H groups in total. The topological polar surface area (TPSA) is 76.4 Å². The van der Waals surface area contributed by atoms with Gasteiger partial charge in [-0.25, -0.2) is 9.38 Å². The van der Waals surface area contributed by atoms with E-state index in [2.05, 4.69) is 20.8 Å². The van der Waals surface area contributed by atoms with Crippen LogP contribution in [0.4, 0.5) is 4.39 Å². The van der Waals surface area contributed by atoms with Crippen LogP contribution in [0.5, 0.6) is 0 Å². The molecule has 1 aromatic carbocycles. The van der Waals surface area contributed by atoms with Crippen molar-refractivity contribution in [3.8, 4) is 0 Å². The number of aliphatic imine (C=N–C) groups is 1. The fraction of sp³-hybridized carbons (Fsp3) is 0.571. The number of halogens is 1. The second kappa shape index (κ2) is 8.49. The lowest BCUT2D eigenvalue weighted by atomic mass is 9.96. The summed E-state index contributed by atoms with van der Waals surface area (Å²) in [6, 6.07) is 6.93. The number of hydrogen-bond donors (Lipinski definition) is 2. The largest absolute Gasteiger partial charge is 0.376 e. The normalized spacial score (nSPS) is 20.7. The Kier molecular flexibility index (Phi) is 5.80. The molecule has 8 heteroatoms. The van der Waals surface area contributed by atoms with Gasteiger partial charge in [-0.15, -0.1) is 10.2 Å². The summed E-state index contributed by atoms with van der Waals surface area (Å²) in [5, 5.41) is 15.1. The maximum atomic E-state index is 13.7. The molecule has 1 saturated heterocycles. The number of aryl methyl sites for hydroxylation is 1. The van der Waals surface area contributed by atoms with Crippen molar-refractivity contribution in [2.24, 2.45) is 12.0 Å². The highest BCUT2D eigenvalue weighted by atomic mass is 19.1. The molecular weight excluding hydrogens is 371 g/mol. The van der Waals surface area contributed by atoms with Crippen LogP contribution in [-0.2, 0) is 23.7 Å². The Bertz CT molecular complexity index is 870. The molecule has 1 atom stereocenters. The number of nitrogens with one attached hydrogen (secondary N) is 2. The number of benzene rings is 1. The third kappa shape index (κ3) is 4.75. The van der Waals surface area contributed by atoms with Gasteiger partial charge in [0, 0.05) is 32.2 Å². The van der Waals surface area contributed by atoms with Crippen LogP contribution in [-0.4, -0.2) is 46.5 Å². The lowest BCUT2D eigenvalue weighted by Gasteiger charge is -2.20. The second-order valence-corrected chi connectivity index (χ2v) is 8.05. The molecular formula is C21H29FN6O. The average Bonchev–Trinajstić information content (AvgIpc) is 3.20. The van der Waals surface area contributed by atoms with Gasteiger partial charge in [0.1, 0.15) is 18.2 Å². The van der Waals surface area contributed by atoms with E-state index in [1.165, 1.54) is 6.07 Å². The average molecular weight is 401 g/mol. The van der Waals surface area contributed by atoms with Crippen molar-refractivity contribution in [1.82, 2.24) is 25.4 Å². The van der Waals surface area contributed by atoms with E-state index in [-0.39, 0.29) is 17.3 Å². The van der Waals surface area contributed by atoms with Crippen LogP contribution in [0.25, 0.3) is 0 Å². The Labute approximate surface area is 170 Å². The van der Waals surface area contributed by atoms with Crippen LogP contribution in [0.3, 0.4) is 0 Å². The first kappa shape index (κ1) is 19.8. The summed E-state index contributed by atoms with van der Waals surface area (Å²) < 4.78 is 21.3. The molecule has 1 unspecified atom stereocenters. The lowest BCUT2D eigenvalue weighted by molar-refractivity contribution is 0.113. The van der Waals surface area contributed by atoms with Gasteiger partial charge in [0.05, 0.1) is 6.10 Å². The van der Waals surface area contributed by atoms with Gasteiger partial charge in [-0.1, -0.05) is 12.1 Å². The summed E-state index contributed by atoms with van der Waals surface area (Å²) in [5.74, 6) is 2.22. The van der Waals surface area contributed by atoms with E-state index in [0.29, 0.717) is 13.1 Å². The SMILES string of the molecule is Cc1nnc(CN=C(NCC2CCCO2)NCC2(c3cccc(F)c3)CC2)n1C. The Morgan fingerprint density at radius 2 is 2.21 bits per heavy atom. The summed E-state index contributed by atoms with van der Waals surface area (Å²) in [6.45, 7) is 4.62. The quantitative estimate of drug-likeness (QED) is 0.551. The van der Waals surface area contributed by atoms with Crippen molar-refractivity contribution >= 4 is 5.96 Å². The first-order valence-electron chi connectivity index (χ1n) is 10.3. The maximum absolute atomic E-state index is 13.7. The molecule has 1 aliphatic carbocycles. The predicted molar refractivity (Wildman–Crippen MR) is 109 cm³/mol. The molecule has 2 aromatic rings. The van der Waals surface area contributed by atoms with Crippen LogP contribution < -0.4 is 10.6 Å². The van der Waals surface area contributed by atoms with Crippen LogP contribution in [0, 0.1) is 12.7 Å². The highest BCUT2D eigenvalue weighted by molar-refractivity contribution is 5.80. The molecule has 156 valence electrons. The van der Waals surface area contributed by atoms with Crippen LogP contribution in [0.1, 0.15) is 42.9 Å². The van der Waals surface area contributed by atoms with E-state index in [1.54, 1.807) is 12.1 Å². The minimum atomic E-state index is -0.183. The van der Waals surface area contributed by atoms with Crippen LogP contribution >= 0.6 is 0 Å². The van der Waals surface area contributed by atoms with Gasteiger partial charge in [0.2, 0.25) is 0 Å². The summed E-state index contributed by atoms with van der Waals surface area (Å²) in [5.41, 5.74) is 1.03. The molecule has 2 heterocycles. The van der Waals surface area contributed by atoms with Crippen LogP contribution in [0.2, 0.25) is 0 Å². The third-order valence-electron chi connectivity index (χ3n) is 5.97. The highest BCUT2D eigenvalue weighted by Crippen LogP contribution is 2.47. The van der Waals surface area contributed by atoms with E-state index >= 15 is 0 Å². The van der Waals surface area contributed by atoms with E-state index in [0.717, 1.165) is 62.0 Å². The first-order valence-corrected chi connectivity index (χ1v) is 10.3. The van der Waals surface area contributed by atoms with E-state index in [1.807, 2.05) is 24.6 Å². The zero-order valence-corrected chi connectivity index (χ0v) is 17.1. The van der Waals surface area contributed by atoms with Gasteiger partial charge in [-0.2, -0.15) is 0 Å². The monoisotopic (exact) mass is 400 g/mol. The Morgan fingerprint density at radius 3 is 2.86 bits per heavy atom. The Morgan fingerprint density at radius 1 is 1.34 bits per heavy atom. The van der Waals surface area contributed by atoms with Gasteiger partial charge >= 0.3 is 0 Å². The van der Waals surface area contributed by atoms with Gasteiger partial charge < -0.3 is 19.9 Å². The van der Waals surface area contributed by atoms with Gasteiger partial charge in [-0.05, 0) is 50.3 Å². The van der Waals surface area contributed by atoms with Gasteiger partial charge in [-0.3, -0.25) is 0 Å². The van der Waals surface area contributed by atoms with Crippen molar-refractivity contribution in [3.63, 3.8) is 0 Å². The standard InChI is InChI=1S/C21H29FN6O/c1-15-26-27-19(28(15)2)13-24-20(23-12-18-7-4-10-29-18)25-14-21(8-9-21)16-5-3-6-17(22)11-16/h3,5-6,11,18H,4,7-10,12-14H2,1-2H3,(H2,23,24,25). The molecule has 0 amide bonds. The van der Waals surface area contributed by atoms with Crippen molar-refractivity contribution in [2.45, 2.75) is 50.7 Å². The fourth-order valence-corrected chi connectivity index (χ4v) is 3.72. The van der Waals surface area contributed by atoms with Crippen molar-refractivity contribution in [1.29, 1.82) is 0 Å². The van der Waals surface area contributed by atoms with E-state index in [9.17, 15) is 4.39 Å². The summed E-state index contributed by atoms with van der Waals surface area (Å²) in [7, 11) is 1.94. The van der Waals surface area contributed by atoms with Crippen molar-refractivity contribution < 1.29 is 9.13 Å². The Balaban J connectivity index is 1.42. The molecule has 0 radical (unpaired) electrons. The van der Waals surface area contributed by atoms with E-state index < -0.39 is 0 Å². The summed E-state index contributed by atoms with van der Waals surface area (Å²) >= 11 is 0. The molecule has 4 rings (SSSR count). The molecule has 0 spiro atoms. The number of nitrogens with zero attached hydrogens (tertiary/aromatic N) is 4.